The Labute approximate surface area is 215 Å². The Balaban J connectivity index is 1.26. The molecule has 1 fully saturated rings. The van der Waals surface area contributed by atoms with Crippen molar-refractivity contribution in [3.63, 3.8) is 0 Å². The summed E-state index contributed by atoms with van der Waals surface area (Å²) in [6.07, 6.45) is 5.97. The number of pyridine rings is 2. The minimum Gasteiger partial charge on any atom is -0.395 e. The molecule has 1 aliphatic rings. The van der Waals surface area contributed by atoms with Crippen molar-refractivity contribution in [1.82, 2.24) is 30.4 Å². The predicted molar refractivity (Wildman–Crippen MR) is 144 cm³/mol. The molecule has 0 spiro atoms. The summed E-state index contributed by atoms with van der Waals surface area (Å²) in [5.74, 6) is 0. The first-order valence-electron chi connectivity index (χ1n) is 13.2. The number of benzene rings is 1. The molecule has 36 heavy (non-hydrogen) atoms. The van der Waals surface area contributed by atoms with Crippen LogP contribution in [0.5, 0.6) is 0 Å². The predicted octanol–water partition coefficient (Wildman–Crippen LogP) is 2.81. The lowest BCUT2D eigenvalue weighted by atomic mass is 10.1. The van der Waals surface area contributed by atoms with Crippen LogP contribution in [0.4, 0.5) is 0 Å². The maximum absolute atomic E-state index is 9.60. The van der Waals surface area contributed by atoms with E-state index >= 15 is 0 Å². The highest BCUT2D eigenvalue weighted by Gasteiger charge is 2.23. The fourth-order valence-corrected chi connectivity index (χ4v) is 4.74. The average Bonchev–Trinajstić information content (AvgIpc) is 3.38. The number of hydrogen-bond acceptors (Lipinski definition) is 7. The summed E-state index contributed by atoms with van der Waals surface area (Å²) in [5.41, 5.74) is 4.78. The number of nitrogens with one attached hydrogen (secondary N) is 2. The van der Waals surface area contributed by atoms with E-state index < -0.39 is 0 Å². The van der Waals surface area contributed by atoms with E-state index in [0.29, 0.717) is 6.04 Å². The highest BCUT2D eigenvalue weighted by Crippen LogP contribution is 2.20. The molecule has 2 aromatic heterocycles. The second kappa shape index (κ2) is 14.8. The molecule has 1 saturated heterocycles. The lowest BCUT2D eigenvalue weighted by Gasteiger charge is -2.24. The van der Waals surface area contributed by atoms with Crippen LogP contribution in [0.25, 0.3) is 0 Å². The van der Waals surface area contributed by atoms with Gasteiger partial charge in [0.2, 0.25) is 0 Å². The number of nitrogens with zero attached hydrogens (tertiary/aromatic N) is 4. The van der Waals surface area contributed by atoms with Gasteiger partial charge in [-0.2, -0.15) is 0 Å². The molecule has 1 unspecified atom stereocenters. The van der Waals surface area contributed by atoms with Crippen molar-refractivity contribution < 1.29 is 5.11 Å². The SMILES string of the molecule is OCC1CCCN1Cc1ccc(CN(CCNCc2ccccn2)CCNCc2ccccn2)cc1. The van der Waals surface area contributed by atoms with Crippen LogP contribution in [0.3, 0.4) is 0 Å². The number of aliphatic hydroxyl groups is 1. The summed E-state index contributed by atoms with van der Waals surface area (Å²) in [7, 11) is 0. The Morgan fingerprint density at radius 3 is 2.00 bits per heavy atom. The van der Waals surface area contributed by atoms with E-state index in [-0.39, 0.29) is 6.61 Å². The molecule has 3 N–H and O–H groups in total. The number of hydrogen-bond donors (Lipinski definition) is 3. The van der Waals surface area contributed by atoms with Crippen molar-refractivity contribution in [1.29, 1.82) is 0 Å². The first kappa shape index (κ1) is 26.4. The first-order chi connectivity index (χ1) is 17.8. The molecule has 0 aliphatic carbocycles. The van der Waals surface area contributed by atoms with Gasteiger partial charge in [0.15, 0.2) is 0 Å². The third-order valence-corrected chi connectivity index (χ3v) is 6.80. The van der Waals surface area contributed by atoms with E-state index in [1.165, 1.54) is 17.5 Å². The Bertz CT molecular complexity index is 938. The van der Waals surface area contributed by atoms with Crippen molar-refractivity contribution in [2.75, 3.05) is 39.3 Å². The molecule has 192 valence electrons. The lowest BCUT2D eigenvalue weighted by Crippen LogP contribution is -2.36. The van der Waals surface area contributed by atoms with Crippen molar-refractivity contribution in [3.05, 3.63) is 95.6 Å². The minimum atomic E-state index is 0.260. The first-order valence-corrected chi connectivity index (χ1v) is 13.2. The van der Waals surface area contributed by atoms with Gasteiger partial charge >= 0.3 is 0 Å². The molecule has 1 aliphatic heterocycles. The molecule has 4 rings (SSSR count). The Morgan fingerprint density at radius 1 is 0.833 bits per heavy atom. The fourth-order valence-electron chi connectivity index (χ4n) is 4.74. The van der Waals surface area contributed by atoms with Gasteiger partial charge in [-0.25, -0.2) is 0 Å². The molecule has 3 heterocycles. The molecule has 0 amide bonds. The maximum atomic E-state index is 9.60. The standard InChI is InChI=1S/C29H40N6O/c36-24-29-8-5-17-35(29)23-26-11-9-25(10-12-26)22-34(18-15-30-20-27-6-1-3-13-32-27)19-16-31-21-28-7-2-4-14-33-28/h1-4,6-7,9-14,29-31,36H,5,8,15-24H2. The third-order valence-electron chi connectivity index (χ3n) is 6.80. The van der Waals surface area contributed by atoms with Gasteiger partial charge in [0.1, 0.15) is 0 Å². The van der Waals surface area contributed by atoms with Crippen LogP contribution in [-0.4, -0.2) is 70.2 Å². The van der Waals surface area contributed by atoms with Crippen LogP contribution in [0, 0.1) is 0 Å². The smallest absolute Gasteiger partial charge is 0.0587 e. The summed E-state index contributed by atoms with van der Waals surface area (Å²) in [5, 5.41) is 16.7. The van der Waals surface area contributed by atoms with Crippen molar-refractivity contribution >= 4 is 0 Å². The molecule has 0 saturated carbocycles. The second-order valence-corrected chi connectivity index (χ2v) is 9.54. The van der Waals surface area contributed by atoms with E-state index in [1.807, 2.05) is 36.7 Å². The van der Waals surface area contributed by atoms with Gasteiger partial charge in [-0.05, 0) is 54.8 Å². The zero-order valence-electron chi connectivity index (χ0n) is 21.2. The number of likely N-dealkylation sites (tertiary alicyclic amines) is 1. The van der Waals surface area contributed by atoms with Gasteiger partial charge in [-0.15, -0.1) is 0 Å². The molecule has 7 nitrogen and oxygen atoms in total. The number of aromatic nitrogens is 2. The maximum Gasteiger partial charge on any atom is 0.0587 e. The van der Waals surface area contributed by atoms with Crippen LogP contribution in [0.1, 0.15) is 35.4 Å². The quantitative estimate of drug-likeness (QED) is 0.284. The number of aliphatic hydroxyl groups excluding tert-OH is 1. The van der Waals surface area contributed by atoms with Crippen molar-refractivity contribution in [3.8, 4) is 0 Å². The second-order valence-electron chi connectivity index (χ2n) is 9.54. The van der Waals surface area contributed by atoms with E-state index in [4.69, 9.17) is 0 Å². The van der Waals surface area contributed by atoms with Crippen LogP contribution >= 0.6 is 0 Å². The summed E-state index contributed by atoms with van der Waals surface area (Å²) >= 11 is 0. The summed E-state index contributed by atoms with van der Waals surface area (Å²) in [6, 6.07) is 21.4. The molecule has 0 radical (unpaired) electrons. The summed E-state index contributed by atoms with van der Waals surface area (Å²) < 4.78 is 0. The summed E-state index contributed by atoms with van der Waals surface area (Å²) in [4.78, 5) is 13.7. The van der Waals surface area contributed by atoms with Gasteiger partial charge in [-0.1, -0.05) is 36.4 Å². The highest BCUT2D eigenvalue weighted by atomic mass is 16.3. The third kappa shape index (κ3) is 8.76. The van der Waals surface area contributed by atoms with Crippen LogP contribution < -0.4 is 10.6 Å². The Kier molecular flexibility index (Phi) is 10.8. The zero-order chi connectivity index (χ0) is 24.8. The van der Waals surface area contributed by atoms with Gasteiger partial charge in [0.05, 0.1) is 18.0 Å². The number of rotatable bonds is 15. The lowest BCUT2D eigenvalue weighted by molar-refractivity contribution is 0.153. The van der Waals surface area contributed by atoms with Crippen molar-refractivity contribution in [2.45, 2.75) is 45.1 Å². The summed E-state index contributed by atoms with van der Waals surface area (Å²) in [6.45, 7) is 8.49. The largest absolute Gasteiger partial charge is 0.395 e. The normalized spacial score (nSPS) is 16.1. The van der Waals surface area contributed by atoms with Gasteiger partial charge in [0.25, 0.3) is 0 Å². The van der Waals surface area contributed by atoms with Crippen LogP contribution in [-0.2, 0) is 26.2 Å². The van der Waals surface area contributed by atoms with Gasteiger partial charge in [0, 0.05) is 70.8 Å². The fraction of sp³-hybridized carbons (Fsp3) is 0.448. The Morgan fingerprint density at radius 2 is 1.44 bits per heavy atom. The van der Waals surface area contributed by atoms with E-state index in [9.17, 15) is 5.11 Å². The molecular formula is C29H40N6O. The molecule has 1 atom stereocenters. The highest BCUT2D eigenvalue weighted by molar-refractivity contribution is 5.22. The van der Waals surface area contributed by atoms with E-state index in [0.717, 1.165) is 76.7 Å². The van der Waals surface area contributed by atoms with Crippen molar-refractivity contribution in [2.24, 2.45) is 0 Å². The molecule has 0 bridgehead atoms. The Hall–Kier alpha value is -2.68. The minimum absolute atomic E-state index is 0.260. The van der Waals surface area contributed by atoms with E-state index in [1.54, 1.807) is 0 Å². The van der Waals surface area contributed by atoms with Gasteiger partial charge < -0.3 is 15.7 Å². The molecule has 7 heteroatoms. The molecular weight excluding hydrogens is 448 g/mol. The van der Waals surface area contributed by atoms with Crippen LogP contribution in [0.15, 0.2) is 73.1 Å². The van der Waals surface area contributed by atoms with Crippen LogP contribution in [0.2, 0.25) is 0 Å². The average molecular weight is 489 g/mol. The topological polar surface area (TPSA) is 76.6 Å². The molecule has 3 aromatic rings. The molecule has 1 aromatic carbocycles. The van der Waals surface area contributed by atoms with E-state index in [2.05, 4.69) is 66.8 Å². The zero-order valence-corrected chi connectivity index (χ0v) is 21.2. The van der Waals surface area contributed by atoms with Gasteiger partial charge in [-0.3, -0.25) is 19.8 Å². The monoisotopic (exact) mass is 488 g/mol.